The maximum atomic E-state index is 10.4. The highest BCUT2D eigenvalue weighted by molar-refractivity contribution is 5.23. The molecule has 1 nitrogen and oxygen atoms in total. The van der Waals surface area contributed by atoms with Crippen LogP contribution in [0, 0.1) is 5.41 Å². The molecule has 0 saturated heterocycles. The Morgan fingerprint density at radius 1 is 1.31 bits per heavy atom. The van der Waals surface area contributed by atoms with E-state index in [1.165, 1.54) is 0 Å². The predicted molar refractivity (Wildman–Crippen MR) is 68.1 cm³/mol. The van der Waals surface area contributed by atoms with Gasteiger partial charge in [0.1, 0.15) is 0 Å². The molecule has 0 aliphatic heterocycles. The van der Waals surface area contributed by atoms with E-state index in [1.54, 1.807) is 0 Å². The summed E-state index contributed by atoms with van der Waals surface area (Å²) < 4.78 is 0. The summed E-state index contributed by atoms with van der Waals surface area (Å²) in [6.07, 6.45) is 1.38. The lowest BCUT2D eigenvalue weighted by Gasteiger charge is -2.31. The highest BCUT2D eigenvalue weighted by Crippen LogP contribution is 2.38. The van der Waals surface area contributed by atoms with Gasteiger partial charge in [-0.25, -0.2) is 0 Å². The Morgan fingerprint density at radius 3 is 2.38 bits per heavy atom. The van der Waals surface area contributed by atoms with Gasteiger partial charge in [0.05, 0.1) is 6.10 Å². The highest BCUT2D eigenvalue weighted by atomic mass is 16.3. The molecule has 1 aromatic carbocycles. The molecule has 1 atom stereocenters. The van der Waals surface area contributed by atoms with E-state index in [0.717, 1.165) is 11.1 Å². The van der Waals surface area contributed by atoms with Crippen molar-refractivity contribution in [2.75, 3.05) is 0 Å². The Balaban J connectivity index is 3.06. The molecule has 0 radical (unpaired) electrons. The van der Waals surface area contributed by atoms with E-state index in [9.17, 15) is 5.11 Å². The molecule has 0 aromatic heterocycles. The Hall–Kier alpha value is -1.30. The lowest BCUT2D eigenvalue weighted by Crippen LogP contribution is -2.23. The van der Waals surface area contributed by atoms with E-state index in [0.29, 0.717) is 0 Å². The lowest BCUT2D eigenvalue weighted by molar-refractivity contribution is 0.0745. The minimum absolute atomic E-state index is 0.298. The van der Waals surface area contributed by atoms with Crippen LogP contribution in [0.15, 0.2) is 47.7 Å². The van der Waals surface area contributed by atoms with E-state index in [-0.39, 0.29) is 5.41 Å². The number of aliphatic hydroxyl groups excluding tert-OH is 1. The first-order valence-corrected chi connectivity index (χ1v) is 5.61. The summed E-state index contributed by atoms with van der Waals surface area (Å²) in [6.45, 7) is 8.02. The lowest BCUT2D eigenvalue weighted by atomic mass is 9.77. The molecule has 1 rings (SSSR count). The van der Waals surface area contributed by atoms with E-state index in [1.807, 2.05) is 64.1 Å². The second-order valence-corrected chi connectivity index (χ2v) is 4.59. The van der Waals surface area contributed by atoms with Gasteiger partial charge in [-0.2, -0.15) is 0 Å². The van der Waals surface area contributed by atoms with Gasteiger partial charge in [0.25, 0.3) is 0 Å². The van der Waals surface area contributed by atoms with Crippen LogP contribution in [-0.2, 0) is 0 Å². The number of benzene rings is 1. The van der Waals surface area contributed by atoms with Gasteiger partial charge in [-0.05, 0) is 31.1 Å². The summed E-state index contributed by atoms with van der Waals surface area (Å²) >= 11 is 0. The highest BCUT2D eigenvalue weighted by Gasteiger charge is 2.30. The monoisotopic (exact) mass is 216 g/mol. The number of rotatable bonds is 3. The van der Waals surface area contributed by atoms with Crippen molar-refractivity contribution in [1.82, 2.24) is 0 Å². The molecule has 86 valence electrons. The van der Waals surface area contributed by atoms with Crippen molar-refractivity contribution in [3.05, 3.63) is 53.3 Å². The minimum atomic E-state index is -0.499. The van der Waals surface area contributed by atoms with Crippen molar-refractivity contribution in [3.63, 3.8) is 0 Å². The maximum absolute atomic E-state index is 10.4. The van der Waals surface area contributed by atoms with Gasteiger partial charge >= 0.3 is 0 Å². The van der Waals surface area contributed by atoms with Crippen LogP contribution in [0.3, 0.4) is 0 Å². The van der Waals surface area contributed by atoms with Gasteiger partial charge < -0.3 is 5.11 Å². The molecular formula is C15H20O. The summed E-state index contributed by atoms with van der Waals surface area (Å²) in [5, 5.41) is 10.4. The van der Waals surface area contributed by atoms with Crippen molar-refractivity contribution in [2.45, 2.75) is 33.8 Å². The first-order valence-electron chi connectivity index (χ1n) is 5.61. The first kappa shape index (κ1) is 12.8. The van der Waals surface area contributed by atoms with Crippen LogP contribution in [0.25, 0.3) is 0 Å². The zero-order chi connectivity index (χ0) is 12.2. The molecule has 0 aliphatic rings. The summed E-state index contributed by atoms with van der Waals surface area (Å²) in [6, 6.07) is 9.76. The third kappa shape index (κ3) is 2.63. The third-order valence-corrected chi connectivity index (χ3v) is 3.13. The predicted octanol–water partition coefficient (Wildman–Crippen LogP) is 3.87. The second kappa shape index (κ2) is 5.16. The zero-order valence-electron chi connectivity index (χ0n) is 10.5. The number of aliphatic hydroxyl groups is 1. The molecule has 0 spiro atoms. The van der Waals surface area contributed by atoms with Crippen LogP contribution in [-0.4, -0.2) is 5.11 Å². The summed E-state index contributed by atoms with van der Waals surface area (Å²) in [7, 11) is 0. The van der Waals surface area contributed by atoms with Gasteiger partial charge in [-0.3, -0.25) is 0 Å². The largest absolute Gasteiger partial charge is 0.387 e. The van der Waals surface area contributed by atoms with Crippen molar-refractivity contribution >= 4 is 0 Å². The quantitative estimate of drug-likeness (QED) is 0.760. The van der Waals surface area contributed by atoms with E-state index < -0.39 is 6.10 Å². The van der Waals surface area contributed by atoms with E-state index >= 15 is 0 Å². The standard InChI is InChI=1S/C15H20O/c1-5-9-12(2)15(3,4)14(16)13-10-7-6-8-11-13/h5-8,10-11,14,16H,1-4H3. The summed E-state index contributed by atoms with van der Waals surface area (Å²) in [4.78, 5) is 0. The Kier molecular flexibility index (Phi) is 4.12. The van der Waals surface area contributed by atoms with Crippen LogP contribution < -0.4 is 0 Å². The van der Waals surface area contributed by atoms with Gasteiger partial charge in [-0.15, -0.1) is 5.73 Å². The van der Waals surface area contributed by atoms with Crippen LogP contribution in [0.1, 0.15) is 39.4 Å². The molecule has 0 amide bonds. The van der Waals surface area contributed by atoms with Crippen LogP contribution in [0.4, 0.5) is 0 Å². The Bertz CT molecular complexity index is 395. The van der Waals surface area contributed by atoms with E-state index in [4.69, 9.17) is 0 Å². The fourth-order valence-corrected chi connectivity index (χ4v) is 1.66. The molecule has 1 N–H and O–H groups in total. The number of hydrogen-bond donors (Lipinski definition) is 1. The number of hydrogen-bond acceptors (Lipinski definition) is 1. The maximum Gasteiger partial charge on any atom is 0.0884 e. The minimum Gasteiger partial charge on any atom is -0.387 e. The molecule has 0 aliphatic carbocycles. The average Bonchev–Trinajstić information content (AvgIpc) is 2.29. The smallest absolute Gasteiger partial charge is 0.0884 e. The van der Waals surface area contributed by atoms with Crippen LogP contribution >= 0.6 is 0 Å². The average molecular weight is 216 g/mol. The van der Waals surface area contributed by atoms with Gasteiger partial charge in [0.15, 0.2) is 0 Å². The topological polar surface area (TPSA) is 20.2 Å². The van der Waals surface area contributed by atoms with Crippen molar-refractivity contribution in [3.8, 4) is 0 Å². The molecule has 1 aromatic rings. The van der Waals surface area contributed by atoms with Crippen molar-refractivity contribution in [1.29, 1.82) is 0 Å². The fourth-order valence-electron chi connectivity index (χ4n) is 1.66. The normalized spacial score (nSPS) is 12.8. The fraction of sp³-hybridized carbons (Fsp3) is 0.400. The van der Waals surface area contributed by atoms with Crippen LogP contribution in [0.5, 0.6) is 0 Å². The van der Waals surface area contributed by atoms with Crippen molar-refractivity contribution in [2.24, 2.45) is 5.41 Å². The molecule has 1 unspecified atom stereocenters. The molecule has 1 heteroatoms. The molecule has 0 heterocycles. The van der Waals surface area contributed by atoms with Gasteiger partial charge in [-0.1, -0.05) is 44.2 Å². The molecule has 0 fully saturated rings. The Morgan fingerprint density at radius 2 is 1.88 bits per heavy atom. The molecule has 16 heavy (non-hydrogen) atoms. The van der Waals surface area contributed by atoms with E-state index in [2.05, 4.69) is 5.73 Å². The zero-order valence-corrected chi connectivity index (χ0v) is 10.5. The second-order valence-electron chi connectivity index (χ2n) is 4.59. The first-order chi connectivity index (χ1) is 7.50. The Labute approximate surface area is 98.1 Å². The summed E-state index contributed by atoms with van der Waals surface area (Å²) in [5.41, 5.74) is 4.88. The molecular weight excluding hydrogens is 196 g/mol. The van der Waals surface area contributed by atoms with Gasteiger partial charge in [0.2, 0.25) is 0 Å². The SMILES string of the molecule is CC=C=C(C)C(C)(C)C(O)c1ccccc1. The summed E-state index contributed by atoms with van der Waals surface area (Å²) in [5.74, 6) is 0. The van der Waals surface area contributed by atoms with Crippen LogP contribution in [0.2, 0.25) is 0 Å². The van der Waals surface area contributed by atoms with Crippen molar-refractivity contribution < 1.29 is 5.11 Å². The van der Waals surface area contributed by atoms with Gasteiger partial charge in [0, 0.05) is 5.41 Å². The molecule has 0 bridgehead atoms. The third-order valence-electron chi connectivity index (χ3n) is 3.13. The molecule has 0 saturated carbocycles.